The number of nitrogens with one attached hydrogen (secondary N) is 1. The first-order chi connectivity index (χ1) is 8.29. The van der Waals surface area contributed by atoms with Gasteiger partial charge >= 0.3 is 0 Å². The van der Waals surface area contributed by atoms with Gasteiger partial charge in [-0.15, -0.1) is 6.42 Å². The quantitative estimate of drug-likeness (QED) is 0.610. The third-order valence-electron chi connectivity index (χ3n) is 3.11. The lowest BCUT2D eigenvalue weighted by atomic mass is 10.0. The number of fused-ring (bicyclic) bond motifs is 1. The summed E-state index contributed by atoms with van der Waals surface area (Å²) in [6, 6.07) is 6.42. The zero-order chi connectivity index (χ0) is 12.1. The summed E-state index contributed by atoms with van der Waals surface area (Å²) in [5, 5.41) is 2.92. The van der Waals surface area contributed by atoms with Gasteiger partial charge in [0.15, 0.2) is 5.78 Å². The first kappa shape index (κ1) is 11.9. The number of aryl methyl sites for hydroxylation is 2. The lowest BCUT2D eigenvalue weighted by Gasteiger charge is -2.05. The van der Waals surface area contributed by atoms with E-state index in [4.69, 9.17) is 6.42 Å². The summed E-state index contributed by atoms with van der Waals surface area (Å²) in [6.45, 7) is 0.817. The van der Waals surface area contributed by atoms with Crippen molar-refractivity contribution in [1.29, 1.82) is 0 Å². The van der Waals surface area contributed by atoms with Gasteiger partial charge in [0, 0.05) is 6.42 Å². The number of hydrogen-bond donors (Lipinski definition) is 1. The molecule has 0 unspecified atom stereocenters. The molecular formula is C15H17NO. The number of terminal acetylenes is 1. The summed E-state index contributed by atoms with van der Waals surface area (Å²) in [7, 11) is 0. The van der Waals surface area contributed by atoms with Crippen LogP contribution >= 0.6 is 0 Å². The first-order valence-corrected chi connectivity index (χ1v) is 6.06. The van der Waals surface area contributed by atoms with Crippen LogP contribution in [0.3, 0.4) is 0 Å². The highest BCUT2D eigenvalue weighted by Crippen LogP contribution is 2.22. The van der Waals surface area contributed by atoms with Crippen molar-refractivity contribution >= 4 is 5.78 Å². The number of carbonyl (C=O) groups excluding carboxylic acids is 1. The molecule has 0 saturated carbocycles. The molecule has 1 aromatic rings. The van der Waals surface area contributed by atoms with Crippen LogP contribution in [0, 0.1) is 12.3 Å². The Bertz CT molecular complexity index is 456. The largest absolute Gasteiger partial charge is 0.299 e. The monoisotopic (exact) mass is 227 g/mol. The van der Waals surface area contributed by atoms with Gasteiger partial charge in [-0.25, -0.2) is 0 Å². The fraction of sp³-hybridized carbons (Fsp3) is 0.400. The average molecular weight is 227 g/mol. The van der Waals surface area contributed by atoms with Gasteiger partial charge in [0.05, 0.1) is 13.1 Å². The summed E-state index contributed by atoms with van der Waals surface area (Å²) < 4.78 is 0. The predicted octanol–water partition coefficient (Wildman–Crippen LogP) is 1.51. The number of hydrogen-bond acceptors (Lipinski definition) is 2. The van der Waals surface area contributed by atoms with Gasteiger partial charge in [-0.05, 0) is 36.0 Å². The van der Waals surface area contributed by atoms with Crippen molar-refractivity contribution in [1.82, 2.24) is 5.32 Å². The minimum atomic E-state index is 0.193. The summed E-state index contributed by atoms with van der Waals surface area (Å²) in [4.78, 5) is 11.7. The fourth-order valence-corrected chi connectivity index (χ4v) is 2.30. The molecule has 1 aliphatic rings. The molecule has 0 atom stereocenters. The van der Waals surface area contributed by atoms with Gasteiger partial charge in [-0.2, -0.15) is 0 Å². The Balaban J connectivity index is 1.91. The molecule has 0 aliphatic heterocycles. The minimum Gasteiger partial charge on any atom is -0.299 e. The van der Waals surface area contributed by atoms with E-state index in [1.54, 1.807) is 0 Å². The molecule has 1 aromatic carbocycles. The molecule has 0 amide bonds. The van der Waals surface area contributed by atoms with Crippen LogP contribution in [0.1, 0.15) is 23.1 Å². The average Bonchev–Trinajstić information content (AvgIpc) is 2.76. The van der Waals surface area contributed by atoms with Crippen LogP contribution in [0.2, 0.25) is 0 Å². The number of Topliss-reactive ketones (excluding diaryl/α,β-unsaturated/α-hetero) is 1. The maximum Gasteiger partial charge on any atom is 0.150 e. The standard InChI is InChI=1S/C15H17NO/c1-2-8-16-11-15(17)10-12-6-7-13-4-3-5-14(13)9-12/h1,6-7,9,16H,3-5,8,10-11H2. The van der Waals surface area contributed by atoms with E-state index >= 15 is 0 Å². The van der Waals surface area contributed by atoms with Gasteiger partial charge in [0.2, 0.25) is 0 Å². The number of ketones is 1. The van der Waals surface area contributed by atoms with Crippen LogP contribution < -0.4 is 5.32 Å². The number of benzene rings is 1. The second kappa shape index (κ2) is 5.65. The van der Waals surface area contributed by atoms with Gasteiger partial charge in [0.1, 0.15) is 0 Å². The summed E-state index contributed by atoms with van der Waals surface area (Å²) in [5.41, 5.74) is 4.00. The fourth-order valence-electron chi connectivity index (χ4n) is 2.30. The Kier molecular flexibility index (Phi) is 3.95. The second-order valence-electron chi connectivity index (χ2n) is 4.48. The molecule has 1 N–H and O–H groups in total. The number of carbonyl (C=O) groups is 1. The molecule has 1 aliphatic carbocycles. The molecule has 0 fully saturated rings. The lowest BCUT2D eigenvalue weighted by Crippen LogP contribution is -2.24. The van der Waals surface area contributed by atoms with Crippen LogP contribution in [0.5, 0.6) is 0 Å². The lowest BCUT2D eigenvalue weighted by molar-refractivity contribution is -0.117. The summed E-state index contributed by atoms with van der Waals surface area (Å²) in [6.07, 6.45) is 9.20. The molecule has 2 rings (SSSR count). The topological polar surface area (TPSA) is 29.1 Å². The van der Waals surface area contributed by atoms with Crippen LogP contribution in [0.25, 0.3) is 0 Å². The Morgan fingerprint density at radius 2 is 2.18 bits per heavy atom. The van der Waals surface area contributed by atoms with E-state index in [0.717, 1.165) is 12.0 Å². The van der Waals surface area contributed by atoms with E-state index in [9.17, 15) is 4.79 Å². The van der Waals surface area contributed by atoms with E-state index in [0.29, 0.717) is 19.5 Å². The van der Waals surface area contributed by atoms with E-state index in [2.05, 4.69) is 29.4 Å². The van der Waals surface area contributed by atoms with Crippen LogP contribution in [-0.4, -0.2) is 18.9 Å². The van der Waals surface area contributed by atoms with Gasteiger partial charge in [-0.1, -0.05) is 24.1 Å². The van der Waals surface area contributed by atoms with Gasteiger partial charge in [0.25, 0.3) is 0 Å². The Morgan fingerprint density at radius 1 is 1.35 bits per heavy atom. The van der Waals surface area contributed by atoms with Crippen molar-refractivity contribution in [3.05, 3.63) is 34.9 Å². The molecule has 0 aromatic heterocycles. The van der Waals surface area contributed by atoms with Crippen LogP contribution in [0.15, 0.2) is 18.2 Å². The van der Waals surface area contributed by atoms with Crippen molar-refractivity contribution in [2.24, 2.45) is 0 Å². The molecule has 2 heteroatoms. The van der Waals surface area contributed by atoms with E-state index in [-0.39, 0.29) is 5.78 Å². The van der Waals surface area contributed by atoms with Crippen molar-refractivity contribution < 1.29 is 4.79 Å². The number of rotatable bonds is 5. The molecule has 0 spiro atoms. The Morgan fingerprint density at radius 3 is 3.00 bits per heavy atom. The van der Waals surface area contributed by atoms with Crippen molar-refractivity contribution in [2.75, 3.05) is 13.1 Å². The zero-order valence-electron chi connectivity index (χ0n) is 9.96. The molecule has 0 bridgehead atoms. The second-order valence-corrected chi connectivity index (χ2v) is 4.48. The van der Waals surface area contributed by atoms with Crippen LogP contribution in [-0.2, 0) is 24.1 Å². The maximum atomic E-state index is 11.7. The van der Waals surface area contributed by atoms with Crippen molar-refractivity contribution in [3.63, 3.8) is 0 Å². The molecule has 0 saturated heterocycles. The Hall–Kier alpha value is -1.59. The van der Waals surface area contributed by atoms with Crippen molar-refractivity contribution in [2.45, 2.75) is 25.7 Å². The van der Waals surface area contributed by atoms with Crippen molar-refractivity contribution in [3.8, 4) is 12.3 Å². The zero-order valence-corrected chi connectivity index (χ0v) is 9.96. The van der Waals surface area contributed by atoms with E-state index in [1.165, 1.54) is 24.0 Å². The smallest absolute Gasteiger partial charge is 0.150 e. The van der Waals surface area contributed by atoms with Crippen LogP contribution in [0.4, 0.5) is 0 Å². The van der Waals surface area contributed by atoms with E-state index in [1.807, 2.05) is 0 Å². The molecule has 88 valence electrons. The molecule has 17 heavy (non-hydrogen) atoms. The molecule has 2 nitrogen and oxygen atoms in total. The first-order valence-electron chi connectivity index (χ1n) is 6.06. The normalized spacial score (nSPS) is 13.1. The highest BCUT2D eigenvalue weighted by atomic mass is 16.1. The third-order valence-corrected chi connectivity index (χ3v) is 3.11. The van der Waals surface area contributed by atoms with Gasteiger partial charge < -0.3 is 0 Å². The SMILES string of the molecule is C#CCNCC(=O)Cc1ccc2c(c1)CCC2. The highest BCUT2D eigenvalue weighted by Gasteiger charge is 2.11. The molecule has 0 heterocycles. The minimum absolute atomic E-state index is 0.193. The maximum absolute atomic E-state index is 11.7. The Labute approximate surface area is 102 Å². The third kappa shape index (κ3) is 3.18. The predicted molar refractivity (Wildman–Crippen MR) is 68.9 cm³/mol. The molecular weight excluding hydrogens is 210 g/mol. The summed E-state index contributed by atoms with van der Waals surface area (Å²) >= 11 is 0. The molecule has 0 radical (unpaired) electrons. The van der Waals surface area contributed by atoms with E-state index < -0.39 is 0 Å². The highest BCUT2D eigenvalue weighted by molar-refractivity contribution is 5.82. The van der Waals surface area contributed by atoms with Gasteiger partial charge in [-0.3, -0.25) is 10.1 Å². The summed E-state index contributed by atoms with van der Waals surface area (Å²) in [5.74, 6) is 2.65.